The van der Waals surface area contributed by atoms with Crippen LogP contribution >= 0.6 is 23.2 Å². The lowest BCUT2D eigenvalue weighted by atomic mass is 9.87. The first-order valence-electron chi connectivity index (χ1n) is 12.7. The van der Waals surface area contributed by atoms with Crippen molar-refractivity contribution >= 4 is 40.4 Å². The summed E-state index contributed by atoms with van der Waals surface area (Å²) < 4.78 is 28.6. The normalized spacial score (nSPS) is 17.4. The lowest BCUT2D eigenvalue weighted by Crippen LogP contribution is -2.40. The monoisotopic (exact) mass is 493 g/mol. The maximum atomic E-state index is 12.6. The molecule has 1 saturated heterocycles. The van der Waals surface area contributed by atoms with E-state index in [-0.39, 0.29) is 6.42 Å². The Kier molecular flexibility index (Phi) is 6.45. The number of allylic oxidation sites excluding steroid dienone is 1. The molecule has 0 amide bonds. The molecule has 0 spiro atoms. The second-order valence-corrected chi connectivity index (χ2v) is 9.71. The van der Waals surface area contributed by atoms with Gasteiger partial charge in [-0.25, -0.2) is 0 Å². The first-order chi connectivity index (χ1) is 17.4. The van der Waals surface area contributed by atoms with Crippen molar-refractivity contribution < 1.29 is 7.13 Å². The third-order valence-electron chi connectivity index (χ3n) is 6.51. The van der Waals surface area contributed by atoms with Gasteiger partial charge in [0.05, 0.1) is 6.67 Å². The number of fused-ring (bicyclic) bond motifs is 1. The number of benzene rings is 3. The molecule has 3 aromatic carbocycles. The summed E-state index contributed by atoms with van der Waals surface area (Å²) in [5.41, 5.74) is 9.42. The fraction of sp³-hybridized carbons (Fsp3) is 0.267. The smallest absolute Gasteiger partial charge is 0.0906 e. The Morgan fingerprint density at radius 2 is 1.74 bits per heavy atom. The average molecular weight is 494 g/mol. The first-order valence-corrected chi connectivity index (χ1v) is 12.5. The van der Waals surface area contributed by atoms with Gasteiger partial charge in [-0.1, -0.05) is 83.9 Å². The van der Waals surface area contributed by atoms with E-state index in [2.05, 4.69) is 54.6 Å². The van der Waals surface area contributed by atoms with Gasteiger partial charge in [-0.3, -0.25) is 9.29 Å². The van der Waals surface area contributed by atoms with E-state index in [1.165, 1.54) is 22.3 Å². The zero-order valence-electron chi connectivity index (χ0n) is 21.0. The minimum Gasteiger partial charge on any atom is -0.295 e. The molecule has 1 heterocycles. The summed E-state index contributed by atoms with van der Waals surface area (Å²) in [4.78, 5) is 1.68. The molecule has 5 rings (SSSR count). The summed E-state index contributed by atoms with van der Waals surface area (Å²) in [5, 5.41) is 1.29. The lowest BCUT2D eigenvalue weighted by Gasteiger charge is -2.33. The Hall–Kier alpha value is -2.39. The molecule has 34 heavy (non-hydrogen) atoms. The van der Waals surface area contributed by atoms with Gasteiger partial charge in [-0.05, 0) is 82.4 Å². The Labute approximate surface area is 214 Å². The van der Waals surface area contributed by atoms with Gasteiger partial charge >= 0.3 is 0 Å². The van der Waals surface area contributed by atoms with E-state index in [9.17, 15) is 4.39 Å². The lowest BCUT2D eigenvalue weighted by molar-refractivity contribution is 0.239. The van der Waals surface area contributed by atoms with Gasteiger partial charge in [-0.15, -0.1) is 0 Å². The van der Waals surface area contributed by atoms with Crippen LogP contribution in [-0.2, 0) is 6.42 Å². The molecule has 0 bridgehead atoms. The van der Waals surface area contributed by atoms with E-state index in [0.717, 1.165) is 41.5 Å². The van der Waals surface area contributed by atoms with E-state index in [4.69, 9.17) is 25.9 Å². The molecule has 1 nitrogen and oxygen atoms in total. The minimum atomic E-state index is -1.59. The number of rotatable bonds is 6. The quantitative estimate of drug-likeness (QED) is 0.333. The first kappa shape index (κ1) is 20.9. The van der Waals surface area contributed by atoms with Crippen molar-refractivity contribution in [3.63, 3.8) is 0 Å². The molecule has 1 fully saturated rings. The number of nitrogens with zero attached hydrogens (tertiary/aromatic N) is 1. The molecule has 0 radical (unpaired) electrons. The van der Waals surface area contributed by atoms with E-state index in [1.54, 1.807) is 4.90 Å². The van der Waals surface area contributed by atoms with Crippen LogP contribution in [0.4, 0.5) is 4.39 Å². The van der Waals surface area contributed by atoms with Crippen LogP contribution in [0.5, 0.6) is 0 Å². The van der Waals surface area contributed by atoms with Crippen LogP contribution in [0, 0.1) is 0 Å². The largest absolute Gasteiger partial charge is 0.295 e. The minimum absolute atomic E-state index is 0.0917. The fourth-order valence-corrected chi connectivity index (χ4v) is 5.41. The standard InChI is InChI=1S/C30H28Cl2FN/c31-25-13-14-27(29(32)18-25)28-8-3-6-23-5-1-2-7-26(23)30(28)24-11-9-21(10-12-24)17-22-19-34(20-22)16-4-15-33/h1-2,5,7,9-14,17-18H,3-4,6,8,15-16,19-20H2/i16D2. The van der Waals surface area contributed by atoms with Gasteiger partial charge in [0.2, 0.25) is 0 Å². The molecule has 1 aliphatic carbocycles. The summed E-state index contributed by atoms with van der Waals surface area (Å²) in [6, 6.07) is 22.9. The molecule has 174 valence electrons. The zero-order valence-corrected chi connectivity index (χ0v) is 20.5. The van der Waals surface area contributed by atoms with Crippen LogP contribution in [0.15, 0.2) is 72.3 Å². The highest BCUT2D eigenvalue weighted by molar-refractivity contribution is 6.36. The Balaban J connectivity index is 1.49. The molecule has 0 aromatic heterocycles. The van der Waals surface area contributed by atoms with Crippen molar-refractivity contribution in [1.82, 2.24) is 4.90 Å². The maximum absolute atomic E-state index is 12.6. The number of aryl methyl sites for hydroxylation is 1. The summed E-state index contributed by atoms with van der Waals surface area (Å²) in [6.45, 7) is -1.17. The topological polar surface area (TPSA) is 3.24 Å². The molecule has 0 atom stereocenters. The van der Waals surface area contributed by atoms with E-state index in [0.29, 0.717) is 23.1 Å². The van der Waals surface area contributed by atoms with Gasteiger partial charge < -0.3 is 0 Å². The van der Waals surface area contributed by atoms with E-state index >= 15 is 0 Å². The van der Waals surface area contributed by atoms with Gasteiger partial charge in [0, 0.05) is 32.4 Å². The predicted molar refractivity (Wildman–Crippen MR) is 143 cm³/mol. The van der Waals surface area contributed by atoms with Gasteiger partial charge in [-0.2, -0.15) is 0 Å². The molecule has 3 aromatic rings. The SMILES string of the molecule is [2H]C([2H])(CCF)N1CC(=Cc2ccc(C3=C(c4ccc(Cl)cc4Cl)CCCc4ccccc43)cc2)C1. The average Bonchev–Trinajstić information content (AvgIpc) is 3.01. The predicted octanol–water partition coefficient (Wildman–Crippen LogP) is 8.35. The van der Waals surface area contributed by atoms with Crippen LogP contribution in [0.3, 0.4) is 0 Å². The van der Waals surface area contributed by atoms with Crippen molar-refractivity contribution in [3.8, 4) is 0 Å². The second-order valence-electron chi connectivity index (χ2n) is 8.87. The van der Waals surface area contributed by atoms with Gasteiger partial charge in [0.15, 0.2) is 0 Å². The van der Waals surface area contributed by atoms with E-state index < -0.39 is 13.2 Å². The van der Waals surface area contributed by atoms with Gasteiger partial charge in [0.1, 0.15) is 0 Å². The van der Waals surface area contributed by atoms with E-state index in [1.807, 2.05) is 18.2 Å². The van der Waals surface area contributed by atoms with Crippen molar-refractivity contribution in [2.24, 2.45) is 0 Å². The number of alkyl halides is 1. The molecule has 2 aliphatic rings. The highest BCUT2D eigenvalue weighted by Gasteiger charge is 2.22. The third-order valence-corrected chi connectivity index (χ3v) is 7.05. The molecule has 0 unspecified atom stereocenters. The summed E-state index contributed by atoms with van der Waals surface area (Å²) in [5.74, 6) is 0. The van der Waals surface area contributed by atoms with Crippen molar-refractivity contribution in [1.29, 1.82) is 0 Å². The summed E-state index contributed by atoms with van der Waals surface area (Å²) in [7, 11) is 0. The van der Waals surface area contributed by atoms with Gasteiger partial charge in [0.25, 0.3) is 0 Å². The molecule has 0 saturated carbocycles. The Morgan fingerprint density at radius 3 is 2.50 bits per heavy atom. The zero-order chi connectivity index (χ0) is 25.3. The molecular weight excluding hydrogens is 464 g/mol. The van der Waals surface area contributed by atoms with Crippen molar-refractivity contribution in [2.45, 2.75) is 25.7 Å². The molecule has 0 N–H and O–H groups in total. The maximum Gasteiger partial charge on any atom is 0.0906 e. The highest BCUT2D eigenvalue weighted by atomic mass is 35.5. The van der Waals surface area contributed by atoms with Crippen molar-refractivity contribution in [2.75, 3.05) is 26.3 Å². The molecular formula is C30H28Cl2FN. The van der Waals surface area contributed by atoms with Crippen LogP contribution in [0.25, 0.3) is 17.2 Å². The van der Waals surface area contributed by atoms with Crippen molar-refractivity contribution in [3.05, 3.63) is 110 Å². The van der Waals surface area contributed by atoms with Crippen LogP contribution in [0.2, 0.25) is 10.0 Å². The summed E-state index contributed by atoms with van der Waals surface area (Å²) >= 11 is 12.9. The van der Waals surface area contributed by atoms with Crippen LogP contribution in [-0.4, -0.2) is 31.2 Å². The Morgan fingerprint density at radius 1 is 0.941 bits per heavy atom. The molecule has 4 heteroatoms. The number of likely N-dealkylation sites (tertiary alicyclic amines) is 1. The Bertz CT molecular complexity index is 1320. The number of hydrogen-bond donors (Lipinski definition) is 0. The van der Waals surface area contributed by atoms with Crippen LogP contribution < -0.4 is 0 Å². The highest BCUT2D eigenvalue weighted by Crippen LogP contribution is 2.42. The second kappa shape index (κ2) is 10.5. The van der Waals surface area contributed by atoms with Crippen LogP contribution in [0.1, 0.15) is 49.8 Å². The number of hydrogen-bond acceptors (Lipinski definition) is 1. The third kappa shape index (κ3) is 5.00. The fourth-order valence-electron chi connectivity index (χ4n) is 4.89. The number of halogens is 3. The molecule has 1 aliphatic heterocycles. The summed E-state index contributed by atoms with van der Waals surface area (Å²) in [6.07, 6.45) is 5.01.